The second-order valence-electron chi connectivity index (χ2n) is 4.68. The topological polar surface area (TPSA) is 102 Å². The maximum Gasteiger partial charge on any atom is 0.207 e. The summed E-state index contributed by atoms with van der Waals surface area (Å²) in [6.45, 7) is 3.56. The van der Waals surface area contributed by atoms with Crippen molar-refractivity contribution in [3.63, 3.8) is 0 Å². The number of rotatable bonds is 6. The number of nitrogens with one attached hydrogen (secondary N) is 4. The van der Waals surface area contributed by atoms with E-state index in [0.717, 1.165) is 11.8 Å². The maximum absolute atomic E-state index is 10.6. The van der Waals surface area contributed by atoms with Gasteiger partial charge in [0, 0.05) is 12.6 Å². The molecule has 1 aromatic carbocycles. The summed E-state index contributed by atoms with van der Waals surface area (Å²) in [6.07, 6.45) is 2.36. The molecule has 0 saturated heterocycles. The minimum atomic E-state index is 0.228. The van der Waals surface area contributed by atoms with Crippen LogP contribution in [0, 0.1) is 0 Å². The molecule has 0 spiro atoms. The Morgan fingerprint density at radius 1 is 0.920 bits per heavy atom. The predicted octanol–water partition coefficient (Wildman–Crippen LogP) is 1.14. The van der Waals surface area contributed by atoms with E-state index in [4.69, 9.17) is 24.4 Å². The number of aldehydes is 1. The van der Waals surface area contributed by atoms with Crippen molar-refractivity contribution in [3.8, 4) is 0 Å². The Morgan fingerprint density at radius 2 is 1.44 bits per heavy atom. The fraction of sp³-hybridized carbons (Fsp3) is 0.200. The fourth-order valence-corrected chi connectivity index (χ4v) is 1.48. The molecule has 25 heavy (non-hydrogen) atoms. The van der Waals surface area contributed by atoms with Gasteiger partial charge < -0.3 is 5.32 Å². The Morgan fingerprint density at radius 3 is 1.96 bits per heavy atom. The molecule has 0 aliphatic carbocycles. The highest BCUT2D eigenvalue weighted by Crippen LogP contribution is 1.99. The molecule has 8 nitrogen and oxygen atoms in total. The van der Waals surface area contributed by atoms with E-state index in [9.17, 15) is 4.79 Å². The van der Waals surface area contributed by atoms with Crippen LogP contribution in [-0.2, 0) is 0 Å². The van der Waals surface area contributed by atoms with E-state index in [0.29, 0.717) is 22.1 Å². The zero-order chi connectivity index (χ0) is 18.7. The Bertz CT molecular complexity index is 711. The van der Waals surface area contributed by atoms with Crippen molar-refractivity contribution in [3.05, 3.63) is 35.4 Å². The predicted molar refractivity (Wildman–Crippen MR) is 109 cm³/mol. The van der Waals surface area contributed by atoms with E-state index in [2.05, 4.69) is 36.9 Å². The zero-order valence-electron chi connectivity index (χ0n) is 14.0. The Labute approximate surface area is 156 Å². The lowest BCUT2D eigenvalue weighted by molar-refractivity contribution is 0.112. The van der Waals surface area contributed by atoms with Crippen LogP contribution in [0.5, 0.6) is 0 Å². The highest BCUT2D eigenvalue weighted by atomic mass is 32.1. The number of hydrogen-bond acceptors (Lipinski definition) is 6. The van der Waals surface area contributed by atoms with Crippen LogP contribution < -0.4 is 21.6 Å². The summed E-state index contributed by atoms with van der Waals surface area (Å²) in [6, 6.07) is 6.95. The first kappa shape index (κ1) is 20.3. The Kier molecular flexibility index (Phi) is 8.90. The number of benzene rings is 1. The Hall–Kier alpha value is -2.72. The average molecular weight is 377 g/mol. The summed E-state index contributed by atoms with van der Waals surface area (Å²) in [5.41, 5.74) is 10.7. The van der Waals surface area contributed by atoms with E-state index in [1.165, 1.54) is 0 Å². The van der Waals surface area contributed by atoms with Crippen LogP contribution in [-0.4, -0.2) is 41.2 Å². The summed E-state index contributed by atoms with van der Waals surface area (Å²) in [4.78, 5) is 10.6. The smallest absolute Gasteiger partial charge is 0.207 e. The van der Waals surface area contributed by atoms with Gasteiger partial charge in [0.15, 0.2) is 5.11 Å². The SMILES string of the molecule is CNC(=S)NN=C(C)C(C)=NNC(=S)N/N=C/c1ccc(C=O)cc1. The molecule has 1 rings (SSSR count). The minimum Gasteiger partial charge on any atom is -0.364 e. The van der Waals surface area contributed by atoms with Crippen LogP contribution in [0.2, 0.25) is 0 Å². The number of carbonyl (C=O) groups is 1. The molecule has 0 saturated carbocycles. The molecule has 4 N–H and O–H groups in total. The molecule has 0 bridgehead atoms. The van der Waals surface area contributed by atoms with Gasteiger partial charge in [-0.25, -0.2) is 0 Å². The monoisotopic (exact) mass is 377 g/mol. The molecule has 0 aliphatic rings. The normalized spacial score (nSPS) is 11.8. The van der Waals surface area contributed by atoms with Crippen molar-refractivity contribution in [1.82, 2.24) is 21.6 Å². The first-order valence-electron chi connectivity index (χ1n) is 7.17. The molecule has 0 unspecified atom stereocenters. The molecule has 0 amide bonds. The van der Waals surface area contributed by atoms with Gasteiger partial charge >= 0.3 is 0 Å². The van der Waals surface area contributed by atoms with Gasteiger partial charge in [0.2, 0.25) is 5.11 Å². The Balaban J connectivity index is 2.48. The van der Waals surface area contributed by atoms with Crippen molar-refractivity contribution in [2.75, 3.05) is 7.05 Å². The first-order chi connectivity index (χ1) is 12.0. The fourth-order valence-electron chi connectivity index (χ4n) is 1.34. The number of carbonyl (C=O) groups excluding carboxylic acids is 1. The third-order valence-electron chi connectivity index (χ3n) is 2.85. The summed E-state index contributed by atoms with van der Waals surface area (Å²) < 4.78 is 0. The van der Waals surface area contributed by atoms with Gasteiger partial charge in [0.1, 0.15) is 6.29 Å². The molecule has 0 radical (unpaired) electrons. The summed E-state index contributed by atoms with van der Waals surface area (Å²) in [7, 11) is 1.70. The molecular weight excluding hydrogens is 358 g/mol. The van der Waals surface area contributed by atoms with Crippen molar-refractivity contribution >= 4 is 58.6 Å². The number of thiocarbonyl (C=S) groups is 2. The van der Waals surface area contributed by atoms with Gasteiger partial charge in [-0.2, -0.15) is 15.3 Å². The van der Waals surface area contributed by atoms with Crippen molar-refractivity contribution in [2.45, 2.75) is 13.8 Å². The molecule has 0 aromatic heterocycles. The molecular formula is C15H19N7OS2. The lowest BCUT2D eigenvalue weighted by atomic mass is 10.2. The molecule has 0 heterocycles. The quantitative estimate of drug-likeness (QED) is 0.255. The van der Waals surface area contributed by atoms with Crippen LogP contribution in [0.25, 0.3) is 0 Å². The molecule has 0 aliphatic heterocycles. The number of hydrogen-bond donors (Lipinski definition) is 4. The van der Waals surface area contributed by atoms with Crippen molar-refractivity contribution in [2.24, 2.45) is 15.3 Å². The van der Waals surface area contributed by atoms with Gasteiger partial charge in [-0.05, 0) is 43.8 Å². The molecule has 0 atom stereocenters. The third-order valence-corrected chi connectivity index (χ3v) is 3.33. The van der Waals surface area contributed by atoms with Crippen LogP contribution in [0.4, 0.5) is 0 Å². The molecule has 0 fully saturated rings. The van der Waals surface area contributed by atoms with Gasteiger partial charge in [0.05, 0.1) is 17.6 Å². The summed E-state index contributed by atoms with van der Waals surface area (Å²) in [5, 5.41) is 15.5. The van der Waals surface area contributed by atoms with Gasteiger partial charge in [0.25, 0.3) is 0 Å². The standard InChI is InChI=1S/C15H19N7OS2/c1-10(18-21-14(24)16-3)11(2)19-22-15(25)20-17-8-12-4-6-13(9-23)7-5-12/h4-9H,1-3H3,(H2,16,21,24)(H2,20,22,25)/b17-8+,18-10?,19-11?. The average Bonchev–Trinajstić information content (AvgIpc) is 2.64. The van der Waals surface area contributed by atoms with Crippen LogP contribution >= 0.6 is 24.4 Å². The highest BCUT2D eigenvalue weighted by Gasteiger charge is 1.99. The van der Waals surface area contributed by atoms with E-state index >= 15 is 0 Å². The van der Waals surface area contributed by atoms with Gasteiger partial charge in [-0.3, -0.25) is 21.1 Å². The van der Waals surface area contributed by atoms with Crippen LogP contribution in [0.1, 0.15) is 29.8 Å². The third kappa shape index (κ3) is 8.08. The zero-order valence-corrected chi connectivity index (χ0v) is 15.7. The van der Waals surface area contributed by atoms with Gasteiger partial charge in [-0.1, -0.05) is 24.3 Å². The van der Waals surface area contributed by atoms with Crippen LogP contribution in [0.15, 0.2) is 39.6 Å². The number of nitrogens with zero attached hydrogens (tertiary/aromatic N) is 3. The molecule has 1 aromatic rings. The maximum atomic E-state index is 10.6. The van der Waals surface area contributed by atoms with E-state index < -0.39 is 0 Å². The second-order valence-corrected chi connectivity index (χ2v) is 5.50. The largest absolute Gasteiger partial charge is 0.364 e. The lowest BCUT2D eigenvalue weighted by Gasteiger charge is -2.05. The summed E-state index contributed by atoms with van der Waals surface area (Å²) >= 11 is 9.98. The van der Waals surface area contributed by atoms with E-state index in [1.54, 1.807) is 51.4 Å². The van der Waals surface area contributed by atoms with Crippen LogP contribution in [0.3, 0.4) is 0 Å². The van der Waals surface area contributed by atoms with E-state index in [-0.39, 0.29) is 5.11 Å². The minimum absolute atomic E-state index is 0.228. The highest BCUT2D eigenvalue weighted by molar-refractivity contribution is 7.80. The summed E-state index contributed by atoms with van der Waals surface area (Å²) in [5.74, 6) is 0. The lowest BCUT2D eigenvalue weighted by Crippen LogP contribution is -2.31. The van der Waals surface area contributed by atoms with Crippen molar-refractivity contribution in [1.29, 1.82) is 0 Å². The second kappa shape index (κ2) is 10.9. The van der Waals surface area contributed by atoms with Gasteiger partial charge in [-0.15, -0.1) is 0 Å². The van der Waals surface area contributed by atoms with Crippen molar-refractivity contribution < 1.29 is 4.79 Å². The molecule has 132 valence electrons. The molecule has 10 heteroatoms. The van der Waals surface area contributed by atoms with E-state index in [1.807, 2.05) is 0 Å². The number of hydrazone groups is 3. The first-order valence-corrected chi connectivity index (χ1v) is 7.99.